The number of alkyl halides is 3. The first-order chi connectivity index (χ1) is 15.7. The number of aliphatic carboxylic acids is 1. The van der Waals surface area contributed by atoms with Crippen molar-refractivity contribution in [2.75, 3.05) is 13.4 Å². The molecular weight excluding hydrogens is 441 g/mol. The number of benzene rings is 1. The minimum atomic E-state index is -4.44. The van der Waals surface area contributed by atoms with Gasteiger partial charge in [-0.1, -0.05) is 25.3 Å². The number of carboxylic acid groups (broad SMARTS) is 1. The van der Waals surface area contributed by atoms with Crippen molar-refractivity contribution in [3.05, 3.63) is 29.8 Å². The molecule has 6 nitrogen and oxygen atoms in total. The molecule has 188 valence electrons. The normalized spacial score (nSPS) is 21.8. The van der Waals surface area contributed by atoms with Gasteiger partial charge in [0.15, 0.2) is 6.79 Å². The van der Waals surface area contributed by atoms with Gasteiger partial charge in [0.25, 0.3) is 0 Å². The van der Waals surface area contributed by atoms with Crippen LogP contribution < -0.4 is 4.74 Å². The summed E-state index contributed by atoms with van der Waals surface area (Å²) in [4.78, 5) is 10.5. The van der Waals surface area contributed by atoms with Crippen LogP contribution in [0.25, 0.3) is 0 Å². The SMILES string of the molecule is O=C(O)CCCCCC[C@@H]1C(CCC(O)COCOc2cccc(C(F)(F)F)c2)CC[C@@H]1O. The van der Waals surface area contributed by atoms with Crippen molar-refractivity contribution in [1.29, 1.82) is 0 Å². The minimum absolute atomic E-state index is 0.0163. The van der Waals surface area contributed by atoms with E-state index in [1.165, 1.54) is 12.1 Å². The summed E-state index contributed by atoms with van der Waals surface area (Å²) in [5.41, 5.74) is -0.798. The van der Waals surface area contributed by atoms with Gasteiger partial charge in [0, 0.05) is 6.42 Å². The van der Waals surface area contributed by atoms with Crippen LogP contribution in [0.4, 0.5) is 13.2 Å². The van der Waals surface area contributed by atoms with E-state index >= 15 is 0 Å². The Morgan fingerprint density at radius 3 is 2.61 bits per heavy atom. The van der Waals surface area contributed by atoms with Crippen LogP contribution in [0.15, 0.2) is 24.3 Å². The van der Waals surface area contributed by atoms with Crippen LogP contribution in [0.1, 0.15) is 69.8 Å². The van der Waals surface area contributed by atoms with E-state index in [4.69, 9.17) is 14.6 Å². The Labute approximate surface area is 192 Å². The van der Waals surface area contributed by atoms with Crippen molar-refractivity contribution in [3.8, 4) is 5.75 Å². The third-order valence-electron chi connectivity index (χ3n) is 6.26. The van der Waals surface area contributed by atoms with Gasteiger partial charge in [0.2, 0.25) is 0 Å². The third-order valence-corrected chi connectivity index (χ3v) is 6.26. The van der Waals surface area contributed by atoms with Crippen LogP contribution in [-0.4, -0.2) is 46.9 Å². The maximum Gasteiger partial charge on any atom is 0.416 e. The highest BCUT2D eigenvalue weighted by molar-refractivity contribution is 5.66. The molecule has 9 heteroatoms. The second kappa shape index (κ2) is 13.8. The molecule has 1 saturated carbocycles. The molecule has 1 aromatic rings. The van der Waals surface area contributed by atoms with E-state index in [2.05, 4.69) is 0 Å². The molecule has 0 amide bonds. The number of halogens is 3. The summed E-state index contributed by atoms with van der Waals surface area (Å²) >= 11 is 0. The van der Waals surface area contributed by atoms with E-state index in [9.17, 15) is 28.2 Å². The lowest BCUT2D eigenvalue weighted by Gasteiger charge is -2.23. The second-order valence-electron chi connectivity index (χ2n) is 8.81. The number of ether oxygens (including phenoxy) is 2. The number of rotatable bonds is 15. The van der Waals surface area contributed by atoms with E-state index in [-0.39, 0.29) is 37.6 Å². The van der Waals surface area contributed by atoms with Gasteiger partial charge in [0.05, 0.1) is 24.4 Å². The molecule has 0 aliphatic heterocycles. The zero-order valence-corrected chi connectivity index (χ0v) is 18.8. The van der Waals surface area contributed by atoms with Gasteiger partial charge in [0.1, 0.15) is 5.75 Å². The number of carboxylic acids is 1. The van der Waals surface area contributed by atoms with E-state index in [0.29, 0.717) is 18.8 Å². The number of aliphatic hydroxyl groups excluding tert-OH is 2. The average Bonchev–Trinajstić information content (AvgIpc) is 3.11. The standard InChI is InChI=1S/C24H35F3O6/c25-24(26,27)18-6-5-7-20(14-18)33-16-32-15-19(28)12-10-17-11-13-22(29)21(17)8-3-1-2-4-9-23(30)31/h5-7,14,17,19,21-22,28-29H,1-4,8-13,15-16H2,(H,30,31)/t17?,19?,21-,22+/m1/s1. The summed E-state index contributed by atoms with van der Waals surface area (Å²) in [7, 11) is 0. The van der Waals surface area contributed by atoms with Crippen LogP contribution in [0.3, 0.4) is 0 Å². The maximum atomic E-state index is 12.7. The molecule has 1 aliphatic rings. The summed E-state index contributed by atoms with van der Waals surface area (Å²) in [6, 6.07) is 4.53. The fourth-order valence-corrected chi connectivity index (χ4v) is 4.47. The Morgan fingerprint density at radius 2 is 1.88 bits per heavy atom. The number of hydrogen-bond acceptors (Lipinski definition) is 5. The lowest BCUT2D eigenvalue weighted by atomic mass is 9.85. The van der Waals surface area contributed by atoms with Crippen molar-refractivity contribution in [2.24, 2.45) is 11.8 Å². The molecule has 2 rings (SSSR count). The van der Waals surface area contributed by atoms with Crippen LogP contribution in [0, 0.1) is 11.8 Å². The summed E-state index contributed by atoms with van der Waals surface area (Å²) in [6.45, 7) is -0.243. The van der Waals surface area contributed by atoms with Gasteiger partial charge in [-0.3, -0.25) is 4.79 Å². The lowest BCUT2D eigenvalue weighted by molar-refractivity contribution is -0.138. The average molecular weight is 477 g/mol. The number of aliphatic hydroxyl groups is 2. The maximum absolute atomic E-state index is 12.7. The number of hydrogen-bond donors (Lipinski definition) is 3. The van der Waals surface area contributed by atoms with Gasteiger partial charge in [-0.15, -0.1) is 0 Å². The Balaban J connectivity index is 1.61. The Kier molecular flexibility index (Phi) is 11.4. The molecule has 0 bridgehead atoms. The summed E-state index contributed by atoms with van der Waals surface area (Å²) in [5, 5.41) is 29.2. The second-order valence-corrected chi connectivity index (χ2v) is 8.81. The van der Waals surface area contributed by atoms with Crippen molar-refractivity contribution < 1.29 is 42.8 Å². The van der Waals surface area contributed by atoms with E-state index < -0.39 is 23.8 Å². The molecule has 1 aromatic carbocycles. The molecule has 0 heterocycles. The fraction of sp³-hybridized carbons (Fsp3) is 0.708. The van der Waals surface area contributed by atoms with Gasteiger partial charge >= 0.3 is 12.1 Å². The summed E-state index contributed by atoms with van der Waals surface area (Å²) in [6.07, 6.45) is 2.00. The van der Waals surface area contributed by atoms with Crippen LogP contribution in [-0.2, 0) is 15.7 Å². The predicted octanol–water partition coefficient (Wildman–Crippen LogP) is 5.01. The monoisotopic (exact) mass is 476 g/mol. The Hall–Kier alpha value is -1.84. The molecule has 0 spiro atoms. The zero-order chi connectivity index (χ0) is 24.3. The van der Waals surface area contributed by atoms with Gasteiger partial charge < -0.3 is 24.8 Å². The van der Waals surface area contributed by atoms with Crippen LogP contribution >= 0.6 is 0 Å². The van der Waals surface area contributed by atoms with Gasteiger partial charge in [-0.2, -0.15) is 13.2 Å². The van der Waals surface area contributed by atoms with Crippen molar-refractivity contribution in [1.82, 2.24) is 0 Å². The number of unbranched alkanes of at least 4 members (excludes halogenated alkanes) is 3. The molecule has 0 saturated heterocycles. The first-order valence-corrected chi connectivity index (χ1v) is 11.6. The topological polar surface area (TPSA) is 96.2 Å². The highest BCUT2D eigenvalue weighted by Crippen LogP contribution is 2.39. The number of carbonyl (C=O) groups is 1. The summed E-state index contributed by atoms with van der Waals surface area (Å²) < 4.78 is 48.6. The lowest BCUT2D eigenvalue weighted by Crippen LogP contribution is -2.22. The molecule has 3 N–H and O–H groups in total. The van der Waals surface area contributed by atoms with Crippen molar-refractivity contribution in [2.45, 2.75) is 82.6 Å². The molecule has 1 fully saturated rings. The molecule has 0 aromatic heterocycles. The van der Waals surface area contributed by atoms with Gasteiger partial charge in [-0.25, -0.2) is 0 Å². The molecule has 0 radical (unpaired) electrons. The van der Waals surface area contributed by atoms with E-state index in [0.717, 1.165) is 57.1 Å². The van der Waals surface area contributed by atoms with E-state index in [1.807, 2.05) is 0 Å². The van der Waals surface area contributed by atoms with Crippen molar-refractivity contribution in [3.63, 3.8) is 0 Å². The minimum Gasteiger partial charge on any atom is -0.481 e. The fourth-order valence-electron chi connectivity index (χ4n) is 4.47. The van der Waals surface area contributed by atoms with Crippen LogP contribution in [0.2, 0.25) is 0 Å². The van der Waals surface area contributed by atoms with Crippen molar-refractivity contribution >= 4 is 5.97 Å². The van der Waals surface area contributed by atoms with Crippen LogP contribution in [0.5, 0.6) is 5.75 Å². The first kappa shape index (κ1) is 27.4. The Morgan fingerprint density at radius 1 is 1.12 bits per heavy atom. The quantitative estimate of drug-likeness (QED) is 0.243. The third kappa shape index (κ3) is 10.3. The molecule has 2 unspecified atom stereocenters. The van der Waals surface area contributed by atoms with E-state index in [1.54, 1.807) is 0 Å². The first-order valence-electron chi connectivity index (χ1n) is 11.6. The molecule has 33 heavy (non-hydrogen) atoms. The zero-order valence-electron chi connectivity index (χ0n) is 18.8. The molecule has 4 atom stereocenters. The molecular formula is C24H35F3O6. The van der Waals surface area contributed by atoms with Gasteiger partial charge in [-0.05, 0) is 68.6 Å². The smallest absolute Gasteiger partial charge is 0.416 e. The summed E-state index contributed by atoms with van der Waals surface area (Å²) in [5.74, 6) is -0.201. The molecule has 1 aliphatic carbocycles. The highest BCUT2D eigenvalue weighted by atomic mass is 19.4. The largest absolute Gasteiger partial charge is 0.481 e. The predicted molar refractivity (Wildman–Crippen MR) is 116 cm³/mol. The Bertz CT molecular complexity index is 712. The highest BCUT2D eigenvalue weighted by Gasteiger charge is 2.34.